The lowest BCUT2D eigenvalue weighted by Gasteiger charge is -2.06. The molecule has 5 nitrogen and oxygen atoms in total. The summed E-state index contributed by atoms with van der Waals surface area (Å²) in [6.45, 7) is 9.28. The van der Waals surface area contributed by atoms with E-state index in [0.29, 0.717) is 19.6 Å². The zero-order valence-electron chi connectivity index (χ0n) is 31.7. The van der Waals surface area contributed by atoms with Crippen molar-refractivity contribution in [2.24, 2.45) is 0 Å². The van der Waals surface area contributed by atoms with Crippen molar-refractivity contribution < 1.29 is 24.2 Å². The molecule has 0 saturated heterocycles. The average molecular weight is 655 g/mol. The fourth-order valence-corrected chi connectivity index (χ4v) is 5.66. The van der Waals surface area contributed by atoms with Crippen LogP contribution in [0.5, 0.6) is 0 Å². The lowest BCUT2D eigenvalue weighted by Crippen LogP contribution is -2.19. The molecule has 0 aromatic rings. The van der Waals surface area contributed by atoms with E-state index in [1.165, 1.54) is 180 Å². The predicted molar refractivity (Wildman–Crippen MR) is 198 cm³/mol. The van der Waals surface area contributed by atoms with Gasteiger partial charge in [0.15, 0.2) is 0 Å². The van der Waals surface area contributed by atoms with Crippen LogP contribution >= 0.6 is 0 Å². The molecular weight excluding hydrogens is 572 g/mol. The molecule has 0 saturated carbocycles. The summed E-state index contributed by atoms with van der Waals surface area (Å²) in [7, 11) is 0. The number of ether oxygens (including phenoxy) is 2. The molecular formula is C41H82O5. The highest BCUT2D eigenvalue weighted by molar-refractivity contribution is 5.73. The predicted octanol–water partition coefficient (Wildman–Crippen LogP) is 13.0. The molecule has 0 bridgehead atoms. The molecule has 0 aliphatic rings. The van der Waals surface area contributed by atoms with Gasteiger partial charge in [0.05, 0.1) is 13.2 Å². The molecule has 0 aliphatic carbocycles. The third-order valence-electron chi connectivity index (χ3n) is 8.83. The summed E-state index contributed by atoms with van der Waals surface area (Å²) >= 11 is 0. The Bertz CT molecular complexity index is 591. The van der Waals surface area contributed by atoms with Crippen molar-refractivity contribution in [2.45, 2.75) is 239 Å². The average Bonchev–Trinajstić information content (AvgIpc) is 3.05. The van der Waals surface area contributed by atoms with E-state index in [-0.39, 0.29) is 5.97 Å². The number of hydrogen-bond donors (Lipinski definition) is 1. The minimum Gasteiger partial charge on any atom is -0.466 e. The van der Waals surface area contributed by atoms with Crippen molar-refractivity contribution in [1.82, 2.24) is 0 Å². The maximum Gasteiger partial charge on any atom is 0.334 e. The molecule has 1 unspecified atom stereocenters. The van der Waals surface area contributed by atoms with Gasteiger partial charge in [-0.05, 0) is 26.2 Å². The number of hydrogen-bond acceptors (Lipinski definition) is 5. The van der Waals surface area contributed by atoms with Gasteiger partial charge in [-0.2, -0.15) is 0 Å². The molecule has 0 radical (unpaired) electrons. The summed E-state index contributed by atoms with van der Waals surface area (Å²) in [5.41, 5.74) is 0. The van der Waals surface area contributed by atoms with Crippen LogP contribution in [0, 0.1) is 0 Å². The fraction of sp³-hybridized carbons (Fsp3) is 0.951. The highest BCUT2D eigenvalue weighted by Crippen LogP contribution is 2.14. The first kappa shape index (κ1) is 47.0. The zero-order valence-corrected chi connectivity index (χ0v) is 31.7. The quantitative estimate of drug-likeness (QED) is 0.0544. The van der Waals surface area contributed by atoms with E-state index >= 15 is 0 Å². The van der Waals surface area contributed by atoms with Gasteiger partial charge in [0, 0.05) is 6.42 Å². The Kier molecular flexibility index (Phi) is 42.9. The Morgan fingerprint density at radius 1 is 0.413 bits per heavy atom. The van der Waals surface area contributed by atoms with Crippen molar-refractivity contribution in [1.29, 1.82) is 0 Å². The zero-order chi connectivity index (χ0) is 34.2. The topological polar surface area (TPSA) is 72.8 Å². The molecule has 0 fully saturated rings. The van der Waals surface area contributed by atoms with Gasteiger partial charge in [0.2, 0.25) is 0 Å². The van der Waals surface area contributed by atoms with Crippen LogP contribution in [-0.4, -0.2) is 36.4 Å². The molecule has 0 heterocycles. The molecule has 5 heteroatoms. The summed E-state index contributed by atoms with van der Waals surface area (Å²) in [4.78, 5) is 22.6. The summed E-state index contributed by atoms with van der Waals surface area (Å²) in [6, 6.07) is 0. The summed E-state index contributed by atoms with van der Waals surface area (Å²) in [6.07, 6.45) is 40.1. The Balaban J connectivity index is 0. The van der Waals surface area contributed by atoms with Gasteiger partial charge in [0.1, 0.15) is 6.10 Å². The van der Waals surface area contributed by atoms with Gasteiger partial charge in [0.25, 0.3) is 0 Å². The second kappa shape index (κ2) is 41.9. The van der Waals surface area contributed by atoms with Gasteiger partial charge in [-0.1, -0.05) is 201 Å². The van der Waals surface area contributed by atoms with Gasteiger partial charge in [-0.15, -0.1) is 0 Å². The second-order valence-corrected chi connectivity index (χ2v) is 13.7. The highest BCUT2D eigenvalue weighted by atomic mass is 16.5. The minimum absolute atomic E-state index is 0.0154. The van der Waals surface area contributed by atoms with E-state index in [0.717, 1.165) is 25.7 Å². The first-order valence-corrected chi connectivity index (χ1v) is 20.5. The maximum atomic E-state index is 11.7. The molecule has 1 atom stereocenters. The van der Waals surface area contributed by atoms with Crippen LogP contribution in [-0.2, 0) is 19.1 Å². The van der Waals surface area contributed by atoms with Crippen molar-refractivity contribution in [2.75, 3.05) is 13.2 Å². The van der Waals surface area contributed by atoms with E-state index in [4.69, 9.17) is 14.6 Å². The van der Waals surface area contributed by atoms with Gasteiger partial charge in [-0.25, -0.2) is 4.79 Å². The standard InChI is InChI=1S/C24H48O2.C17H34O3/c1-3-5-7-9-11-12-13-14-15-16-17-18-20-22-24(25)26-23-21-19-10-8-6-4-2;1-3-4-5-6-7-8-9-10-11-12-13-14-15-20-17(19)16(2)18/h3-23H2,1-2H3;16,18H,3-15H2,1-2H3. The van der Waals surface area contributed by atoms with Gasteiger partial charge in [-0.3, -0.25) is 4.79 Å². The third-order valence-corrected chi connectivity index (χ3v) is 8.83. The van der Waals surface area contributed by atoms with Gasteiger partial charge >= 0.3 is 11.9 Å². The van der Waals surface area contributed by atoms with Crippen LogP contribution in [0.15, 0.2) is 0 Å². The second-order valence-electron chi connectivity index (χ2n) is 13.7. The Morgan fingerprint density at radius 3 is 0.978 bits per heavy atom. The van der Waals surface area contributed by atoms with E-state index < -0.39 is 12.1 Å². The Hall–Kier alpha value is -1.10. The Labute approximate surface area is 288 Å². The lowest BCUT2D eigenvalue weighted by atomic mass is 10.0. The smallest absolute Gasteiger partial charge is 0.334 e. The van der Waals surface area contributed by atoms with E-state index in [9.17, 15) is 9.59 Å². The monoisotopic (exact) mass is 655 g/mol. The molecule has 0 aliphatic heterocycles. The van der Waals surface area contributed by atoms with Crippen LogP contribution in [0.1, 0.15) is 233 Å². The summed E-state index contributed by atoms with van der Waals surface area (Å²) in [5.74, 6) is -0.491. The van der Waals surface area contributed by atoms with Crippen LogP contribution in [0.2, 0.25) is 0 Å². The van der Waals surface area contributed by atoms with Crippen LogP contribution in [0.4, 0.5) is 0 Å². The Morgan fingerprint density at radius 2 is 0.674 bits per heavy atom. The molecule has 0 amide bonds. The molecule has 0 rings (SSSR count). The van der Waals surface area contributed by atoms with Crippen LogP contribution in [0.25, 0.3) is 0 Å². The number of rotatable bonds is 35. The number of carbonyl (C=O) groups is 2. The maximum absolute atomic E-state index is 11.7. The highest BCUT2D eigenvalue weighted by Gasteiger charge is 2.09. The van der Waals surface area contributed by atoms with Crippen LogP contribution in [0.3, 0.4) is 0 Å². The van der Waals surface area contributed by atoms with Gasteiger partial charge < -0.3 is 14.6 Å². The SMILES string of the molecule is CCCCCCCCCCCCCCCC(=O)OCCCCCCCC.CCCCCCCCCCCCCCOC(=O)C(C)O. The third kappa shape index (κ3) is 42.9. The van der Waals surface area contributed by atoms with Crippen molar-refractivity contribution in [3.05, 3.63) is 0 Å². The number of carbonyl (C=O) groups excluding carboxylic acids is 2. The van der Waals surface area contributed by atoms with Crippen molar-refractivity contribution >= 4 is 11.9 Å². The number of aliphatic hydroxyl groups excluding tert-OH is 1. The molecule has 0 aromatic carbocycles. The molecule has 1 N–H and O–H groups in total. The van der Waals surface area contributed by atoms with Crippen LogP contribution < -0.4 is 0 Å². The van der Waals surface area contributed by atoms with E-state index in [1.807, 2.05) is 0 Å². The van der Waals surface area contributed by atoms with Crippen molar-refractivity contribution in [3.8, 4) is 0 Å². The first-order chi connectivity index (χ1) is 22.5. The normalized spacial score (nSPS) is 11.6. The minimum atomic E-state index is -0.993. The first-order valence-electron chi connectivity index (χ1n) is 20.5. The molecule has 0 spiro atoms. The molecule has 276 valence electrons. The van der Waals surface area contributed by atoms with E-state index in [2.05, 4.69) is 20.8 Å². The van der Waals surface area contributed by atoms with E-state index in [1.54, 1.807) is 0 Å². The van der Waals surface area contributed by atoms with Crippen molar-refractivity contribution in [3.63, 3.8) is 0 Å². The molecule has 0 aromatic heterocycles. The largest absolute Gasteiger partial charge is 0.466 e. The lowest BCUT2D eigenvalue weighted by molar-refractivity contribution is -0.152. The number of aliphatic hydroxyl groups is 1. The fourth-order valence-electron chi connectivity index (χ4n) is 5.66. The number of unbranched alkanes of at least 4 members (excludes halogenated alkanes) is 28. The molecule has 46 heavy (non-hydrogen) atoms. The summed E-state index contributed by atoms with van der Waals surface area (Å²) < 4.78 is 10.2. The number of esters is 2. The summed E-state index contributed by atoms with van der Waals surface area (Å²) in [5, 5.41) is 8.94.